The van der Waals surface area contributed by atoms with E-state index in [0.717, 1.165) is 11.1 Å². The van der Waals surface area contributed by atoms with E-state index < -0.39 is 29.6 Å². The van der Waals surface area contributed by atoms with Gasteiger partial charge in [0.25, 0.3) is 0 Å². The van der Waals surface area contributed by atoms with E-state index in [1.165, 1.54) is 30.0 Å². The topological polar surface area (TPSA) is 104 Å². The van der Waals surface area contributed by atoms with Crippen LogP contribution in [0.3, 0.4) is 0 Å². The highest BCUT2D eigenvalue weighted by atomic mass is 16.5. The number of ether oxygens (including phenoxy) is 1. The Bertz CT molecular complexity index is 1080. The molecular formula is C24H26N2O6. The number of hydrogen-bond acceptors (Lipinski definition) is 6. The van der Waals surface area contributed by atoms with E-state index in [1.807, 2.05) is 13.0 Å². The zero-order valence-electron chi connectivity index (χ0n) is 18.3. The van der Waals surface area contributed by atoms with Crippen LogP contribution >= 0.6 is 0 Å². The van der Waals surface area contributed by atoms with Gasteiger partial charge in [-0.3, -0.25) is 29.0 Å². The largest absolute Gasteiger partial charge is 0.504 e. The van der Waals surface area contributed by atoms with Crippen LogP contribution in [-0.4, -0.2) is 59.2 Å². The van der Waals surface area contributed by atoms with Crippen molar-refractivity contribution in [1.82, 2.24) is 9.80 Å². The number of amides is 4. The molecular weight excluding hydrogens is 412 g/mol. The lowest BCUT2D eigenvalue weighted by molar-refractivity contribution is -0.140. The summed E-state index contributed by atoms with van der Waals surface area (Å²) in [6.45, 7) is 2.18. The van der Waals surface area contributed by atoms with Crippen molar-refractivity contribution in [2.24, 2.45) is 29.6 Å². The number of nitrogens with zero attached hydrogens (tertiary/aromatic N) is 2. The van der Waals surface area contributed by atoms with Gasteiger partial charge < -0.3 is 9.84 Å². The van der Waals surface area contributed by atoms with Crippen LogP contribution < -0.4 is 4.74 Å². The zero-order valence-corrected chi connectivity index (χ0v) is 18.3. The molecule has 2 aliphatic heterocycles. The average molecular weight is 438 g/mol. The number of phenols is 1. The maximum Gasteiger partial charge on any atom is 0.233 e. The number of rotatable bonds is 3. The first-order valence-corrected chi connectivity index (χ1v) is 11.0. The van der Waals surface area contributed by atoms with Crippen molar-refractivity contribution in [3.63, 3.8) is 0 Å². The lowest BCUT2D eigenvalue weighted by Gasteiger charge is -2.44. The normalized spacial score (nSPS) is 33.8. The third kappa shape index (κ3) is 2.68. The Kier molecular flexibility index (Phi) is 4.65. The number of benzene rings is 1. The van der Waals surface area contributed by atoms with E-state index in [-0.39, 0.29) is 35.3 Å². The minimum atomic E-state index is -0.574. The number of phenolic OH excluding ortho intramolecular Hbond substituents is 1. The Morgan fingerprint density at radius 2 is 1.59 bits per heavy atom. The summed E-state index contributed by atoms with van der Waals surface area (Å²) < 4.78 is 5.56. The molecule has 2 saturated heterocycles. The molecule has 0 spiro atoms. The Morgan fingerprint density at radius 3 is 2.28 bits per heavy atom. The molecule has 0 bridgehead atoms. The summed E-state index contributed by atoms with van der Waals surface area (Å²) in [6, 6.07) is 5.01. The Balaban J connectivity index is 1.65. The van der Waals surface area contributed by atoms with Crippen LogP contribution in [0.25, 0.3) is 0 Å². The maximum absolute atomic E-state index is 13.1. The van der Waals surface area contributed by atoms with Crippen LogP contribution in [0.4, 0.5) is 0 Å². The van der Waals surface area contributed by atoms with Crippen molar-refractivity contribution >= 4 is 23.6 Å². The number of imide groups is 2. The molecule has 1 saturated carbocycles. The summed E-state index contributed by atoms with van der Waals surface area (Å²) in [5, 5.41) is 10.2. The van der Waals surface area contributed by atoms with Crippen LogP contribution in [0.2, 0.25) is 0 Å². The van der Waals surface area contributed by atoms with Crippen LogP contribution in [0.1, 0.15) is 31.2 Å². The van der Waals surface area contributed by atoms with Crippen molar-refractivity contribution < 1.29 is 29.0 Å². The van der Waals surface area contributed by atoms with Crippen LogP contribution in [0.5, 0.6) is 11.5 Å². The minimum absolute atomic E-state index is 0.00123. The van der Waals surface area contributed by atoms with Gasteiger partial charge in [0.15, 0.2) is 11.5 Å². The van der Waals surface area contributed by atoms with E-state index in [4.69, 9.17) is 4.74 Å². The van der Waals surface area contributed by atoms with Crippen LogP contribution in [-0.2, 0) is 19.2 Å². The molecule has 0 aromatic heterocycles. The van der Waals surface area contributed by atoms with Crippen molar-refractivity contribution in [2.75, 3.05) is 20.7 Å². The first-order chi connectivity index (χ1) is 15.3. The summed E-state index contributed by atoms with van der Waals surface area (Å²) in [6.07, 6.45) is 2.82. The van der Waals surface area contributed by atoms with E-state index in [1.54, 1.807) is 12.1 Å². The highest BCUT2D eigenvalue weighted by Crippen LogP contribution is 2.57. The molecule has 0 radical (unpaired) electrons. The summed E-state index contributed by atoms with van der Waals surface area (Å²) in [5.74, 6) is -3.28. The van der Waals surface area contributed by atoms with Gasteiger partial charge in [0.1, 0.15) is 0 Å². The van der Waals surface area contributed by atoms with Gasteiger partial charge in [-0.1, -0.05) is 17.7 Å². The van der Waals surface area contributed by atoms with Gasteiger partial charge in [0.05, 0.1) is 30.3 Å². The quantitative estimate of drug-likeness (QED) is 0.569. The molecule has 2 aliphatic carbocycles. The van der Waals surface area contributed by atoms with Crippen LogP contribution in [0.15, 0.2) is 29.8 Å². The van der Waals surface area contributed by atoms with Gasteiger partial charge in [0, 0.05) is 20.0 Å². The van der Waals surface area contributed by atoms with E-state index in [9.17, 15) is 24.3 Å². The molecule has 0 unspecified atom stereocenters. The van der Waals surface area contributed by atoms with Crippen molar-refractivity contribution in [2.45, 2.75) is 25.7 Å². The molecule has 5 rings (SSSR count). The highest BCUT2D eigenvalue weighted by molar-refractivity contribution is 6.07. The Labute approximate surface area is 185 Å². The molecule has 3 fully saturated rings. The van der Waals surface area contributed by atoms with Gasteiger partial charge in [-0.2, -0.15) is 0 Å². The third-order valence-electron chi connectivity index (χ3n) is 7.73. The fraction of sp³-hybridized carbons (Fsp3) is 0.500. The number of carbonyl (C=O) groups is 4. The first-order valence-electron chi connectivity index (χ1n) is 11.0. The summed E-state index contributed by atoms with van der Waals surface area (Å²) >= 11 is 0. The van der Waals surface area contributed by atoms with Crippen molar-refractivity contribution in [3.05, 3.63) is 35.4 Å². The number of allylic oxidation sites excluding steroid dienone is 2. The second kappa shape index (κ2) is 7.18. The predicted octanol–water partition coefficient (Wildman–Crippen LogP) is 1.69. The Hall–Kier alpha value is -3.16. The average Bonchev–Trinajstić information content (AvgIpc) is 3.14. The van der Waals surface area contributed by atoms with Gasteiger partial charge >= 0.3 is 0 Å². The summed E-state index contributed by atoms with van der Waals surface area (Å²) in [7, 11) is 3.01. The maximum atomic E-state index is 13.1. The molecule has 6 atom stereocenters. The summed E-state index contributed by atoms with van der Waals surface area (Å²) in [4.78, 5) is 54.2. The van der Waals surface area contributed by atoms with E-state index >= 15 is 0 Å². The monoisotopic (exact) mass is 438 g/mol. The van der Waals surface area contributed by atoms with E-state index in [0.29, 0.717) is 25.2 Å². The lowest BCUT2D eigenvalue weighted by Crippen LogP contribution is -2.42. The third-order valence-corrected chi connectivity index (χ3v) is 7.73. The molecule has 1 aromatic carbocycles. The fourth-order valence-corrected chi connectivity index (χ4v) is 6.27. The van der Waals surface area contributed by atoms with Gasteiger partial charge in [-0.15, -0.1) is 0 Å². The van der Waals surface area contributed by atoms with Crippen molar-refractivity contribution in [3.8, 4) is 11.5 Å². The number of fused-ring (bicyclic) bond motifs is 4. The molecule has 4 amide bonds. The number of aromatic hydroxyl groups is 1. The van der Waals surface area contributed by atoms with E-state index in [2.05, 4.69) is 0 Å². The Morgan fingerprint density at radius 1 is 0.938 bits per heavy atom. The van der Waals surface area contributed by atoms with Gasteiger partial charge in [0.2, 0.25) is 23.6 Å². The smallest absolute Gasteiger partial charge is 0.233 e. The van der Waals surface area contributed by atoms with Gasteiger partial charge in [-0.25, -0.2) is 0 Å². The first kappa shape index (κ1) is 20.7. The zero-order chi connectivity index (χ0) is 22.9. The molecule has 2 heterocycles. The molecule has 1 N–H and O–H groups in total. The second-order valence-corrected chi connectivity index (χ2v) is 9.16. The molecule has 32 heavy (non-hydrogen) atoms. The number of carbonyl (C=O) groups excluding carboxylic acids is 4. The van der Waals surface area contributed by atoms with Gasteiger partial charge in [-0.05, 0) is 43.4 Å². The minimum Gasteiger partial charge on any atom is -0.504 e. The standard InChI is InChI=1S/C24H26N2O6/c1-4-32-17-9-11(5-8-16(17)27)18-12-6-7-13-19(23(30)25(2)21(13)28)14(12)10-15-20(18)24(31)26(3)22(15)29/h5-6,8-9,13-15,18-20,27H,4,7,10H2,1-3H3/t13-,14+,15+,18-,19-,20+/m0/s1. The predicted molar refractivity (Wildman–Crippen MR) is 112 cm³/mol. The molecule has 1 aromatic rings. The molecule has 4 aliphatic rings. The SMILES string of the molecule is CCOc1cc([C@H]2C3=CC[C@@H]4C(=O)N(C)C(=O)[C@@H]4[C@@H]3C[C@H]3C(=O)N(C)C(=O)[C@@H]23)ccc1O. The number of likely N-dealkylation sites (tertiary alicyclic amines) is 2. The number of hydrogen-bond donors (Lipinski definition) is 1. The second-order valence-electron chi connectivity index (χ2n) is 9.16. The van der Waals surface area contributed by atoms with Crippen LogP contribution in [0, 0.1) is 29.6 Å². The molecule has 8 heteroatoms. The van der Waals surface area contributed by atoms with Crippen molar-refractivity contribution in [1.29, 1.82) is 0 Å². The molecule has 168 valence electrons. The fourth-order valence-electron chi connectivity index (χ4n) is 6.27. The molecule has 8 nitrogen and oxygen atoms in total. The summed E-state index contributed by atoms with van der Waals surface area (Å²) in [5.41, 5.74) is 1.70. The lowest BCUT2D eigenvalue weighted by atomic mass is 9.57. The highest BCUT2D eigenvalue weighted by Gasteiger charge is 2.61.